The lowest BCUT2D eigenvalue weighted by atomic mass is 9.97. The van der Waals surface area contributed by atoms with Crippen LogP contribution in [-0.4, -0.2) is 39.6 Å². The van der Waals surface area contributed by atoms with E-state index in [-0.39, 0.29) is 11.8 Å². The zero-order chi connectivity index (χ0) is 18.7. The molecule has 0 radical (unpaired) electrons. The molecule has 1 heterocycles. The Labute approximate surface area is 140 Å². The van der Waals surface area contributed by atoms with Gasteiger partial charge in [-0.3, -0.25) is 9.48 Å². The van der Waals surface area contributed by atoms with Gasteiger partial charge in [0.25, 0.3) is 0 Å². The van der Waals surface area contributed by atoms with Crippen molar-refractivity contribution >= 4 is 5.91 Å². The number of halogens is 3. The molecule has 3 unspecified atom stereocenters. The molecule has 0 aliphatic heterocycles. The van der Waals surface area contributed by atoms with Crippen molar-refractivity contribution in [1.29, 1.82) is 0 Å². The first-order valence-corrected chi connectivity index (χ1v) is 7.98. The largest absolute Gasteiger partial charge is 0.408 e. The number of aryl methyl sites for hydroxylation is 1. The third-order valence-corrected chi connectivity index (χ3v) is 3.96. The van der Waals surface area contributed by atoms with Crippen LogP contribution in [0.4, 0.5) is 13.2 Å². The number of carbonyl (C=O) groups is 1. The third-order valence-electron chi connectivity index (χ3n) is 3.96. The molecule has 0 saturated carbocycles. The molecule has 0 spiro atoms. The molecule has 5 nitrogen and oxygen atoms in total. The molecule has 1 aromatic heterocycles. The normalized spacial score (nSPS) is 15.9. The molecule has 0 aliphatic carbocycles. The molecule has 1 amide bonds. The van der Waals surface area contributed by atoms with E-state index in [9.17, 15) is 23.1 Å². The summed E-state index contributed by atoms with van der Waals surface area (Å²) in [4.78, 5) is 12.3. The van der Waals surface area contributed by atoms with Gasteiger partial charge in [0.2, 0.25) is 5.91 Å². The first-order chi connectivity index (χ1) is 10.9. The van der Waals surface area contributed by atoms with Gasteiger partial charge in [-0.05, 0) is 40.0 Å². The number of aliphatic hydroxyl groups excluding tert-OH is 1. The lowest BCUT2D eigenvalue weighted by Crippen LogP contribution is -2.33. The zero-order valence-electron chi connectivity index (χ0n) is 14.7. The number of rotatable bonds is 7. The maximum Gasteiger partial charge on any atom is 0.408 e. The summed E-state index contributed by atoms with van der Waals surface area (Å²) in [6.45, 7) is 7.64. The van der Waals surface area contributed by atoms with Crippen molar-refractivity contribution in [2.24, 2.45) is 5.92 Å². The maximum atomic E-state index is 12.6. The molecule has 0 bridgehead atoms. The van der Waals surface area contributed by atoms with Crippen molar-refractivity contribution in [3.63, 3.8) is 0 Å². The van der Waals surface area contributed by atoms with Crippen molar-refractivity contribution in [2.75, 3.05) is 6.54 Å². The van der Waals surface area contributed by atoms with Crippen LogP contribution in [0.5, 0.6) is 0 Å². The van der Waals surface area contributed by atoms with Crippen LogP contribution in [0, 0.1) is 19.8 Å². The van der Waals surface area contributed by atoms with Crippen LogP contribution < -0.4 is 5.32 Å². The van der Waals surface area contributed by atoms with E-state index in [1.165, 1.54) is 0 Å². The van der Waals surface area contributed by atoms with E-state index < -0.39 is 24.7 Å². The zero-order valence-corrected chi connectivity index (χ0v) is 14.7. The summed E-state index contributed by atoms with van der Waals surface area (Å²) in [5, 5.41) is 16.0. The van der Waals surface area contributed by atoms with Crippen LogP contribution in [0.1, 0.15) is 50.1 Å². The molecule has 1 aromatic rings. The van der Waals surface area contributed by atoms with Crippen LogP contribution in [0.3, 0.4) is 0 Å². The average Bonchev–Trinajstić information content (AvgIpc) is 2.67. The molecule has 8 heteroatoms. The van der Waals surface area contributed by atoms with E-state index in [1.807, 2.05) is 6.92 Å². The second kappa shape index (κ2) is 8.00. The molecule has 2 N–H and O–H groups in total. The van der Waals surface area contributed by atoms with E-state index in [1.54, 1.807) is 27.7 Å². The van der Waals surface area contributed by atoms with Gasteiger partial charge in [-0.15, -0.1) is 0 Å². The number of aromatic nitrogens is 2. The number of nitrogens with one attached hydrogen (secondary N) is 1. The molecular weight excluding hydrogens is 323 g/mol. The monoisotopic (exact) mass is 349 g/mol. The summed E-state index contributed by atoms with van der Waals surface area (Å²) in [7, 11) is 0. The van der Waals surface area contributed by atoms with Crippen molar-refractivity contribution in [2.45, 2.75) is 65.8 Å². The Kier molecular flexibility index (Phi) is 6.83. The Bertz CT molecular complexity index is 568. The van der Waals surface area contributed by atoms with E-state index in [0.29, 0.717) is 29.9 Å². The lowest BCUT2D eigenvalue weighted by Gasteiger charge is -2.17. The molecule has 138 valence electrons. The summed E-state index contributed by atoms with van der Waals surface area (Å²) in [6.07, 6.45) is -4.24. The van der Waals surface area contributed by atoms with E-state index in [4.69, 9.17) is 0 Å². The predicted octanol–water partition coefficient (Wildman–Crippen LogP) is 2.69. The highest BCUT2D eigenvalue weighted by Crippen LogP contribution is 2.26. The van der Waals surface area contributed by atoms with Crippen LogP contribution in [0.25, 0.3) is 0 Å². The number of nitrogens with zero attached hydrogens (tertiary/aromatic N) is 2. The summed E-state index contributed by atoms with van der Waals surface area (Å²) in [5.74, 6) is -0.743. The van der Waals surface area contributed by atoms with Crippen molar-refractivity contribution < 1.29 is 23.1 Å². The molecule has 1 rings (SSSR count). The van der Waals surface area contributed by atoms with Crippen LogP contribution in [0.15, 0.2) is 0 Å². The van der Waals surface area contributed by atoms with E-state index in [2.05, 4.69) is 10.4 Å². The standard InChI is InChI=1S/C16H26F3N3O2/c1-9(6-10(2)23)7-20-15(24)11(3)14-12(4)21-22(13(14)5)8-16(17,18)19/h9-11,23H,6-8H2,1-5H3,(H,20,24). The Hall–Kier alpha value is -1.57. The topological polar surface area (TPSA) is 67.2 Å². The molecule has 0 fully saturated rings. The SMILES string of the molecule is Cc1nn(CC(F)(F)F)c(C)c1C(C)C(=O)NCC(C)CC(C)O. The molecule has 24 heavy (non-hydrogen) atoms. The highest BCUT2D eigenvalue weighted by atomic mass is 19.4. The number of hydrogen-bond donors (Lipinski definition) is 2. The molecular formula is C16H26F3N3O2. The minimum Gasteiger partial charge on any atom is -0.393 e. The van der Waals surface area contributed by atoms with Crippen molar-refractivity contribution in [3.05, 3.63) is 17.0 Å². The van der Waals surface area contributed by atoms with E-state index in [0.717, 1.165) is 4.68 Å². The molecule has 0 saturated heterocycles. The van der Waals surface area contributed by atoms with Gasteiger partial charge in [0.1, 0.15) is 6.54 Å². The van der Waals surface area contributed by atoms with Gasteiger partial charge in [0.05, 0.1) is 17.7 Å². The van der Waals surface area contributed by atoms with Crippen LogP contribution >= 0.6 is 0 Å². The van der Waals surface area contributed by atoms with E-state index >= 15 is 0 Å². The highest BCUT2D eigenvalue weighted by Gasteiger charge is 2.31. The van der Waals surface area contributed by atoms with Gasteiger partial charge in [-0.2, -0.15) is 18.3 Å². The smallest absolute Gasteiger partial charge is 0.393 e. The van der Waals surface area contributed by atoms with Gasteiger partial charge in [0, 0.05) is 17.8 Å². The third kappa shape index (κ3) is 5.81. The van der Waals surface area contributed by atoms with Crippen LogP contribution in [-0.2, 0) is 11.3 Å². The average molecular weight is 349 g/mol. The summed E-state index contributed by atoms with van der Waals surface area (Å²) in [5.41, 5.74) is 1.31. The van der Waals surface area contributed by atoms with Gasteiger partial charge in [-0.1, -0.05) is 6.92 Å². The van der Waals surface area contributed by atoms with Gasteiger partial charge >= 0.3 is 6.18 Å². The Morgan fingerprint density at radius 3 is 2.38 bits per heavy atom. The van der Waals surface area contributed by atoms with Crippen LogP contribution in [0.2, 0.25) is 0 Å². The minimum absolute atomic E-state index is 0.108. The minimum atomic E-state index is -4.36. The molecule has 0 aliphatic rings. The van der Waals surface area contributed by atoms with Gasteiger partial charge in [-0.25, -0.2) is 0 Å². The number of carbonyl (C=O) groups excluding carboxylic acids is 1. The van der Waals surface area contributed by atoms with Gasteiger partial charge < -0.3 is 10.4 Å². The second-order valence-corrected chi connectivity index (χ2v) is 6.51. The fourth-order valence-electron chi connectivity index (χ4n) is 2.89. The molecule has 3 atom stereocenters. The Morgan fingerprint density at radius 1 is 1.29 bits per heavy atom. The highest BCUT2D eigenvalue weighted by molar-refractivity contribution is 5.83. The quantitative estimate of drug-likeness (QED) is 0.795. The first-order valence-electron chi connectivity index (χ1n) is 7.98. The second-order valence-electron chi connectivity index (χ2n) is 6.51. The lowest BCUT2D eigenvalue weighted by molar-refractivity contribution is -0.143. The fraction of sp³-hybridized carbons (Fsp3) is 0.750. The number of aliphatic hydroxyl groups is 1. The Balaban J connectivity index is 2.80. The number of amides is 1. The predicted molar refractivity (Wildman–Crippen MR) is 84.6 cm³/mol. The van der Waals surface area contributed by atoms with Gasteiger partial charge in [0.15, 0.2) is 0 Å². The number of alkyl halides is 3. The van der Waals surface area contributed by atoms with Crippen molar-refractivity contribution in [3.8, 4) is 0 Å². The summed E-state index contributed by atoms with van der Waals surface area (Å²) < 4.78 is 38.6. The maximum absolute atomic E-state index is 12.6. The molecule has 0 aromatic carbocycles. The fourth-order valence-corrected chi connectivity index (χ4v) is 2.89. The van der Waals surface area contributed by atoms with Crippen molar-refractivity contribution in [1.82, 2.24) is 15.1 Å². The Morgan fingerprint density at radius 2 is 1.88 bits per heavy atom. The first kappa shape index (κ1) is 20.5. The summed E-state index contributed by atoms with van der Waals surface area (Å²) >= 11 is 0. The summed E-state index contributed by atoms with van der Waals surface area (Å²) in [6, 6.07) is 0. The number of hydrogen-bond acceptors (Lipinski definition) is 3.